The van der Waals surface area contributed by atoms with Crippen molar-refractivity contribution in [2.24, 2.45) is 7.05 Å². The molecule has 9 nitrogen and oxygen atoms in total. The van der Waals surface area contributed by atoms with Gasteiger partial charge in [-0.1, -0.05) is 5.21 Å². The number of anilines is 1. The number of hydrogen-bond acceptors (Lipinski definition) is 7. The highest BCUT2D eigenvalue weighted by Crippen LogP contribution is 2.30. The molecule has 0 radical (unpaired) electrons. The van der Waals surface area contributed by atoms with Crippen molar-refractivity contribution in [2.45, 2.75) is 32.1 Å². The number of rotatable bonds is 4. The summed E-state index contributed by atoms with van der Waals surface area (Å²) >= 11 is 1.29. The quantitative estimate of drug-likeness (QED) is 0.845. The second-order valence-electron chi connectivity index (χ2n) is 5.80. The number of sulfonamides is 1. The number of aryl methyl sites for hydroxylation is 1. The zero-order valence-corrected chi connectivity index (χ0v) is 15.2. The predicted molar refractivity (Wildman–Crippen MR) is 89.2 cm³/mol. The minimum Gasteiger partial charge on any atom is -0.296 e. The van der Waals surface area contributed by atoms with Crippen LogP contribution in [0.1, 0.15) is 34.9 Å². The van der Waals surface area contributed by atoms with E-state index in [2.05, 4.69) is 20.6 Å². The van der Waals surface area contributed by atoms with E-state index in [9.17, 15) is 13.2 Å². The monoisotopic (exact) mass is 370 g/mol. The minimum absolute atomic E-state index is 0.203. The molecule has 24 heavy (non-hydrogen) atoms. The molecule has 0 spiro atoms. The molecule has 0 atom stereocenters. The summed E-state index contributed by atoms with van der Waals surface area (Å²) in [5.41, 5.74) is 1.04. The number of carbonyl (C=O) groups excluding carboxylic acids is 1. The van der Waals surface area contributed by atoms with Gasteiger partial charge in [0.1, 0.15) is 0 Å². The maximum absolute atomic E-state index is 12.3. The maximum Gasteiger partial charge on any atom is 0.279 e. The lowest BCUT2D eigenvalue weighted by atomic mass is 10.2. The van der Waals surface area contributed by atoms with Crippen LogP contribution in [0.5, 0.6) is 0 Å². The number of fused-ring (bicyclic) bond motifs is 1. The van der Waals surface area contributed by atoms with E-state index in [4.69, 9.17) is 0 Å². The molecular formula is C13H18N6O3S2. The molecule has 3 heterocycles. The summed E-state index contributed by atoms with van der Waals surface area (Å²) in [6.07, 6.45) is 2.05. The molecule has 2 aromatic heterocycles. The average Bonchev–Trinajstić information content (AvgIpc) is 3.11. The van der Waals surface area contributed by atoms with Crippen molar-refractivity contribution in [3.8, 4) is 0 Å². The zero-order chi connectivity index (χ0) is 17.5. The number of nitrogens with one attached hydrogen (secondary N) is 1. The normalized spacial score (nSPS) is 15.5. The number of thiazole rings is 1. The summed E-state index contributed by atoms with van der Waals surface area (Å²) in [6, 6.07) is 0. The van der Waals surface area contributed by atoms with E-state index in [0.29, 0.717) is 24.6 Å². The van der Waals surface area contributed by atoms with Gasteiger partial charge in [0.2, 0.25) is 10.0 Å². The molecule has 0 fully saturated rings. The molecule has 2 aromatic rings. The molecular weight excluding hydrogens is 352 g/mol. The van der Waals surface area contributed by atoms with Gasteiger partial charge >= 0.3 is 0 Å². The van der Waals surface area contributed by atoms with Gasteiger partial charge in [0.25, 0.3) is 5.91 Å². The van der Waals surface area contributed by atoms with Crippen molar-refractivity contribution in [3.63, 3.8) is 0 Å². The molecule has 0 aromatic carbocycles. The lowest BCUT2D eigenvalue weighted by Crippen LogP contribution is -2.39. The number of amides is 1. The Bertz CT molecular complexity index is 870. The molecule has 1 amide bonds. The van der Waals surface area contributed by atoms with E-state index < -0.39 is 15.3 Å². The second-order valence-corrected chi connectivity index (χ2v) is 9.37. The van der Waals surface area contributed by atoms with Crippen LogP contribution < -0.4 is 5.32 Å². The zero-order valence-electron chi connectivity index (χ0n) is 13.6. The Morgan fingerprint density at radius 2 is 2.17 bits per heavy atom. The average molecular weight is 370 g/mol. The van der Waals surface area contributed by atoms with Gasteiger partial charge in [-0.3, -0.25) is 14.8 Å². The maximum atomic E-state index is 12.3. The Morgan fingerprint density at radius 1 is 1.42 bits per heavy atom. The number of nitrogens with zero attached hydrogens (tertiary/aromatic N) is 5. The van der Waals surface area contributed by atoms with Crippen molar-refractivity contribution in [1.29, 1.82) is 0 Å². The molecule has 130 valence electrons. The van der Waals surface area contributed by atoms with E-state index >= 15 is 0 Å². The topological polar surface area (TPSA) is 110 Å². The van der Waals surface area contributed by atoms with Gasteiger partial charge in [0.05, 0.1) is 17.1 Å². The van der Waals surface area contributed by atoms with Crippen LogP contribution in [0.15, 0.2) is 6.20 Å². The van der Waals surface area contributed by atoms with E-state index in [1.165, 1.54) is 26.5 Å². The third-order valence-corrected chi connectivity index (χ3v) is 6.93. The summed E-state index contributed by atoms with van der Waals surface area (Å²) in [5.74, 6) is -0.388. The molecule has 0 bridgehead atoms. The fourth-order valence-corrected chi connectivity index (χ4v) is 4.71. The highest BCUT2D eigenvalue weighted by atomic mass is 32.2. The first-order valence-electron chi connectivity index (χ1n) is 7.42. The van der Waals surface area contributed by atoms with Crippen LogP contribution in [0, 0.1) is 0 Å². The number of hydrogen-bond donors (Lipinski definition) is 1. The third kappa shape index (κ3) is 3.19. The van der Waals surface area contributed by atoms with Crippen molar-refractivity contribution >= 4 is 32.4 Å². The number of aromatic nitrogens is 4. The first kappa shape index (κ1) is 17.0. The standard InChI is InChI=1S/C13H18N6O3S2/c1-8(2)24(21,22)19-5-4-9-11(7-19)23-13(14-9)15-12(20)10-6-18(3)17-16-10/h6,8H,4-5,7H2,1-3H3,(H,14,15,20). The Morgan fingerprint density at radius 3 is 2.79 bits per heavy atom. The smallest absolute Gasteiger partial charge is 0.279 e. The fourth-order valence-electron chi connectivity index (χ4n) is 2.35. The van der Waals surface area contributed by atoms with Crippen LogP contribution in [-0.4, -0.2) is 50.4 Å². The summed E-state index contributed by atoms with van der Waals surface area (Å²) < 4.78 is 27.5. The molecule has 1 N–H and O–H groups in total. The first-order valence-corrected chi connectivity index (χ1v) is 9.74. The van der Waals surface area contributed by atoms with Gasteiger partial charge in [-0.2, -0.15) is 4.31 Å². The third-order valence-electron chi connectivity index (χ3n) is 3.71. The highest BCUT2D eigenvalue weighted by Gasteiger charge is 2.31. The lowest BCUT2D eigenvalue weighted by molar-refractivity contribution is 0.102. The summed E-state index contributed by atoms with van der Waals surface area (Å²) in [4.78, 5) is 17.3. The second kappa shape index (κ2) is 6.22. The van der Waals surface area contributed by atoms with Crippen LogP contribution in [0.4, 0.5) is 5.13 Å². The van der Waals surface area contributed by atoms with Crippen LogP contribution in [0.2, 0.25) is 0 Å². The van der Waals surface area contributed by atoms with Crippen molar-refractivity contribution in [3.05, 3.63) is 22.5 Å². The summed E-state index contributed by atoms with van der Waals surface area (Å²) in [7, 11) is -1.62. The summed E-state index contributed by atoms with van der Waals surface area (Å²) in [5, 5.41) is 10.1. The van der Waals surface area contributed by atoms with Crippen LogP contribution in [0.25, 0.3) is 0 Å². The highest BCUT2D eigenvalue weighted by molar-refractivity contribution is 7.89. The Hall–Kier alpha value is -1.85. The fraction of sp³-hybridized carbons (Fsp3) is 0.538. The lowest BCUT2D eigenvalue weighted by Gasteiger charge is -2.26. The molecule has 0 saturated carbocycles. The van der Waals surface area contributed by atoms with E-state index in [1.54, 1.807) is 20.9 Å². The predicted octanol–water partition coefficient (Wildman–Crippen LogP) is 0.620. The molecule has 11 heteroatoms. The van der Waals surface area contributed by atoms with Gasteiger partial charge in [-0.15, -0.1) is 16.4 Å². The molecule has 0 unspecified atom stereocenters. The number of carbonyl (C=O) groups is 1. The molecule has 0 aliphatic carbocycles. The van der Waals surface area contributed by atoms with Crippen LogP contribution in [-0.2, 0) is 30.0 Å². The van der Waals surface area contributed by atoms with Gasteiger partial charge in [-0.25, -0.2) is 13.4 Å². The van der Waals surface area contributed by atoms with E-state index in [1.807, 2.05) is 0 Å². The summed E-state index contributed by atoms with van der Waals surface area (Å²) in [6.45, 7) is 4.05. The van der Waals surface area contributed by atoms with Crippen molar-refractivity contribution in [2.75, 3.05) is 11.9 Å². The van der Waals surface area contributed by atoms with Crippen molar-refractivity contribution in [1.82, 2.24) is 24.3 Å². The molecule has 0 saturated heterocycles. The van der Waals surface area contributed by atoms with Crippen LogP contribution >= 0.6 is 11.3 Å². The van der Waals surface area contributed by atoms with E-state index in [0.717, 1.165) is 10.6 Å². The Labute approximate surface area is 143 Å². The van der Waals surface area contributed by atoms with Gasteiger partial charge in [-0.05, 0) is 13.8 Å². The van der Waals surface area contributed by atoms with Crippen LogP contribution in [0.3, 0.4) is 0 Å². The molecule has 1 aliphatic rings. The van der Waals surface area contributed by atoms with Gasteiger partial charge in [0, 0.05) is 31.4 Å². The van der Waals surface area contributed by atoms with Gasteiger partial charge in [0.15, 0.2) is 10.8 Å². The molecule has 1 aliphatic heterocycles. The Kier molecular flexibility index (Phi) is 4.40. The van der Waals surface area contributed by atoms with E-state index in [-0.39, 0.29) is 11.6 Å². The first-order chi connectivity index (χ1) is 11.3. The Balaban J connectivity index is 1.75. The molecule has 3 rings (SSSR count). The van der Waals surface area contributed by atoms with Crippen molar-refractivity contribution < 1.29 is 13.2 Å². The largest absolute Gasteiger partial charge is 0.296 e. The minimum atomic E-state index is -3.29. The SMILES string of the molecule is CC(C)S(=O)(=O)N1CCc2nc(NC(=O)c3cn(C)nn3)sc2C1. The van der Waals surface area contributed by atoms with Gasteiger partial charge < -0.3 is 0 Å².